The first kappa shape index (κ1) is 10.5. The van der Waals surface area contributed by atoms with E-state index < -0.39 is 0 Å². The summed E-state index contributed by atoms with van der Waals surface area (Å²) in [4.78, 5) is 5.85. The van der Waals surface area contributed by atoms with Crippen molar-refractivity contribution in [1.82, 2.24) is 4.98 Å². The molecule has 0 saturated heterocycles. The predicted molar refractivity (Wildman–Crippen MR) is 59.6 cm³/mol. The van der Waals surface area contributed by atoms with E-state index in [1.54, 1.807) is 11.3 Å². The fourth-order valence-corrected chi connectivity index (χ4v) is 2.03. The minimum Gasteiger partial charge on any atom is -0.361 e. The van der Waals surface area contributed by atoms with Gasteiger partial charge in [-0.25, -0.2) is 4.98 Å². The Hall–Kier alpha value is -0.570. The summed E-state index contributed by atoms with van der Waals surface area (Å²) in [6.07, 6.45) is 1.03. The molecule has 0 fully saturated rings. The number of aromatic nitrogens is 1. The number of rotatable bonds is 4. The Morgan fingerprint density at radius 3 is 2.62 bits per heavy atom. The number of hydrogen-bond acceptors (Lipinski definition) is 3. The number of hydrogen-bond donors (Lipinski definition) is 1. The van der Waals surface area contributed by atoms with Crippen LogP contribution in [0.5, 0.6) is 0 Å². The third kappa shape index (κ3) is 2.99. The van der Waals surface area contributed by atoms with Crippen LogP contribution in [0, 0.1) is 12.8 Å². The molecular weight excluding hydrogens is 180 g/mol. The van der Waals surface area contributed by atoms with Crippen LogP contribution in [0.25, 0.3) is 0 Å². The molecule has 0 aliphatic rings. The molecule has 74 valence electrons. The van der Waals surface area contributed by atoms with Crippen LogP contribution in [0.4, 0.5) is 5.13 Å². The van der Waals surface area contributed by atoms with Crippen molar-refractivity contribution in [2.45, 2.75) is 34.1 Å². The minimum atomic E-state index is 0.675. The van der Waals surface area contributed by atoms with E-state index in [0.29, 0.717) is 5.92 Å². The van der Waals surface area contributed by atoms with Gasteiger partial charge in [-0.05, 0) is 19.3 Å². The van der Waals surface area contributed by atoms with Gasteiger partial charge in [0.15, 0.2) is 5.13 Å². The van der Waals surface area contributed by atoms with Gasteiger partial charge in [0.25, 0.3) is 0 Å². The summed E-state index contributed by atoms with van der Waals surface area (Å²) in [5.74, 6) is 0.675. The van der Waals surface area contributed by atoms with Crippen LogP contribution < -0.4 is 5.32 Å². The highest BCUT2D eigenvalue weighted by molar-refractivity contribution is 7.15. The van der Waals surface area contributed by atoms with Crippen molar-refractivity contribution in [1.29, 1.82) is 0 Å². The maximum Gasteiger partial charge on any atom is 0.183 e. The second-order valence-electron chi connectivity index (χ2n) is 3.65. The van der Waals surface area contributed by atoms with Crippen molar-refractivity contribution in [2.75, 3.05) is 11.9 Å². The number of aryl methyl sites for hydroxylation is 2. The molecule has 2 nitrogen and oxygen atoms in total. The molecule has 1 N–H and O–H groups in total. The van der Waals surface area contributed by atoms with E-state index in [1.807, 2.05) is 0 Å². The van der Waals surface area contributed by atoms with E-state index >= 15 is 0 Å². The molecule has 1 rings (SSSR count). The zero-order valence-electron chi connectivity index (χ0n) is 8.85. The molecule has 3 heteroatoms. The lowest BCUT2D eigenvalue weighted by Crippen LogP contribution is -2.07. The quantitative estimate of drug-likeness (QED) is 0.804. The number of thiazole rings is 1. The average Bonchev–Trinajstić information content (AvgIpc) is 2.43. The topological polar surface area (TPSA) is 24.9 Å². The van der Waals surface area contributed by atoms with Gasteiger partial charge < -0.3 is 5.32 Å². The highest BCUT2D eigenvalue weighted by Gasteiger charge is 2.05. The van der Waals surface area contributed by atoms with Crippen LogP contribution >= 0.6 is 11.3 Å². The molecule has 0 aliphatic heterocycles. The van der Waals surface area contributed by atoms with Gasteiger partial charge >= 0.3 is 0 Å². The van der Waals surface area contributed by atoms with Crippen LogP contribution in [0.3, 0.4) is 0 Å². The molecule has 0 atom stereocenters. The van der Waals surface area contributed by atoms with Crippen LogP contribution in [0.1, 0.15) is 31.3 Å². The van der Waals surface area contributed by atoms with Gasteiger partial charge in [0.05, 0.1) is 5.69 Å². The number of nitrogens with zero attached hydrogens (tertiary/aromatic N) is 1. The molecule has 1 aromatic rings. The lowest BCUT2D eigenvalue weighted by atomic mass is 10.2. The summed E-state index contributed by atoms with van der Waals surface area (Å²) >= 11 is 1.76. The Morgan fingerprint density at radius 1 is 1.46 bits per heavy atom. The number of nitrogens with one attached hydrogen (secondary N) is 1. The lowest BCUT2D eigenvalue weighted by Gasteiger charge is -2.04. The van der Waals surface area contributed by atoms with Gasteiger partial charge in [-0.3, -0.25) is 0 Å². The van der Waals surface area contributed by atoms with Crippen molar-refractivity contribution in [3.63, 3.8) is 0 Å². The summed E-state index contributed by atoms with van der Waals surface area (Å²) in [5.41, 5.74) is 1.23. The molecule has 1 heterocycles. The highest BCUT2D eigenvalue weighted by Crippen LogP contribution is 2.22. The molecule has 0 bridgehead atoms. The maximum atomic E-state index is 4.51. The second kappa shape index (κ2) is 4.61. The Labute approximate surface area is 84.4 Å². The molecule has 0 aromatic carbocycles. The lowest BCUT2D eigenvalue weighted by molar-refractivity contribution is 0.688. The van der Waals surface area contributed by atoms with Gasteiger partial charge in [0.2, 0.25) is 0 Å². The van der Waals surface area contributed by atoms with E-state index in [9.17, 15) is 0 Å². The predicted octanol–water partition coefficient (Wildman–Crippen LogP) is 3.08. The van der Waals surface area contributed by atoms with Gasteiger partial charge in [-0.2, -0.15) is 0 Å². The Balaban J connectivity index is 2.57. The first-order chi connectivity index (χ1) is 6.13. The highest BCUT2D eigenvalue weighted by atomic mass is 32.1. The van der Waals surface area contributed by atoms with Gasteiger partial charge in [0.1, 0.15) is 0 Å². The maximum absolute atomic E-state index is 4.51. The third-order valence-electron chi connectivity index (χ3n) is 1.89. The molecular formula is C10H18N2S. The fourth-order valence-electron chi connectivity index (χ4n) is 1.12. The Morgan fingerprint density at radius 2 is 2.15 bits per heavy atom. The van der Waals surface area contributed by atoms with Gasteiger partial charge in [-0.1, -0.05) is 20.8 Å². The Bertz CT molecular complexity index is 266. The van der Waals surface area contributed by atoms with Crippen molar-refractivity contribution in [3.8, 4) is 0 Å². The normalized spacial score (nSPS) is 10.8. The zero-order valence-corrected chi connectivity index (χ0v) is 9.66. The minimum absolute atomic E-state index is 0.675. The third-order valence-corrected chi connectivity index (χ3v) is 2.86. The van der Waals surface area contributed by atoms with Gasteiger partial charge in [-0.15, -0.1) is 11.3 Å². The van der Waals surface area contributed by atoms with Gasteiger partial charge in [0, 0.05) is 11.4 Å². The molecule has 0 radical (unpaired) electrons. The smallest absolute Gasteiger partial charge is 0.183 e. The first-order valence-corrected chi connectivity index (χ1v) is 5.65. The van der Waals surface area contributed by atoms with Crippen LogP contribution in [-0.2, 0) is 6.42 Å². The number of anilines is 1. The fraction of sp³-hybridized carbons (Fsp3) is 0.700. The van der Waals surface area contributed by atoms with E-state index in [1.165, 1.54) is 10.6 Å². The zero-order chi connectivity index (χ0) is 9.84. The van der Waals surface area contributed by atoms with Crippen LogP contribution in [0.15, 0.2) is 0 Å². The summed E-state index contributed by atoms with van der Waals surface area (Å²) in [6.45, 7) is 9.70. The van der Waals surface area contributed by atoms with E-state index in [2.05, 4.69) is 38.0 Å². The summed E-state index contributed by atoms with van der Waals surface area (Å²) in [7, 11) is 0. The van der Waals surface area contributed by atoms with E-state index in [0.717, 1.165) is 18.1 Å². The van der Waals surface area contributed by atoms with Crippen LogP contribution in [0.2, 0.25) is 0 Å². The van der Waals surface area contributed by atoms with E-state index in [-0.39, 0.29) is 0 Å². The molecule has 0 aliphatic carbocycles. The average molecular weight is 198 g/mol. The van der Waals surface area contributed by atoms with Crippen molar-refractivity contribution >= 4 is 16.5 Å². The molecule has 0 amide bonds. The first-order valence-electron chi connectivity index (χ1n) is 4.83. The van der Waals surface area contributed by atoms with Crippen LogP contribution in [-0.4, -0.2) is 11.5 Å². The van der Waals surface area contributed by atoms with Crippen molar-refractivity contribution < 1.29 is 0 Å². The SMILES string of the molecule is CCc1nc(NCC(C)C)sc1C. The molecule has 0 spiro atoms. The van der Waals surface area contributed by atoms with Crippen molar-refractivity contribution in [2.24, 2.45) is 5.92 Å². The van der Waals surface area contributed by atoms with E-state index in [4.69, 9.17) is 0 Å². The van der Waals surface area contributed by atoms with Crippen molar-refractivity contribution in [3.05, 3.63) is 10.6 Å². The molecule has 1 aromatic heterocycles. The second-order valence-corrected chi connectivity index (χ2v) is 4.85. The molecule has 13 heavy (non-hydrogen) atoms. The summed E-state index contributed by atoms with van der Waals surface area (Å²) in [6, 6.07) is 0. The monoisotopic (exact) mass is 198 g/mol. The Kier molecular flexibility index (Phi) is 3.72. The standard InChI is InChI=1S/C10H18N2S/c1-5-9-8(4)13-10(12-9)11-6-7(2)3/h7H,5-6H2,1-4H3,(H,11,12). The largest absolute Gasteiger partial charge is 0.361 e. The molecule has 0 saturated carbocycles. The summed E-state index contributed by atoms with van der Waals surface area (Å²) in [5, 5.41) is 4.42. The summed E-state index contributed by atoms with van der Waals surface area (Å²) < 4.78 is 0. The molecule has 0 unspecified atom stereocenters.